The minimum absolute atomic E-state index is 0.0353. The van der Waals surface area contributed by atoms with Crippen LogP contribution in [0.5, 0.6) is 0 Å². The molecule has 1 atom stereocenters. The molecule has 2 rings (SSSR count). The highest BCUT2D eigenvalue weighted by Crippen LogP contribution is 2.30. The van der Waals surface area contributed by atoms with Gasteiger partial charge < -0.3 is 9.32 Å². The zero-order chi connectivity index (χ0) is 10.8. The fourth-order valence-corrected chi connectivity index (χ4v) is 1.85. The smallest absolute Gasteiger partial charge is 0.226 e. The van der Waals surface area contributed by atoms with Gasteiger partial charge in [-0.1, -0.05) is 6.42 Å². The molecule has 1 saturated carbocycles. The van der Waals surface area contributed by atoms with Crippen molar-refractivity contribution in [3.8, 4) is 0 Å². The molecule has 3 heteroatoms. The van der Waals surface area contributed by atoms with Gasteiger partial charge in [0.25, 0.3) is 0 Å². The van der Waals surface area contributed by atoms with E-state index in [1.54, 1.807) is 11.2 Å². The van der Waals surface area contributed by atoms with Gasteiger partial charge in [-0.25, -0.2) is 0 Å². The van der Waals surface area contributed by atoms with Crippen LogP contribution in [0.2, 0.25) is 0 Å². The number of rotatable bonds is 3. The molecule has 0 bridgehead atoms. The van der Waals surface area contributed by atoms with Gasteiger partial charge in [0, 0.05) is 13.0 Å². The van der Waals surface area contributed by atoms with Gasteiger partial charge in [0.2, 0.25) is 5.91 Å². The van der Waals surface area contributed by atoms with E-state index in [2.05, 4.69) is 0 Å². The molecule has 0 aliphatic heterocycles. The lowest BCUT2D eigenvalue weighted by Crippen LogP contribution is -2.37. The third kappa shape index (κ3) is 1.91. The number of hydrogen-bond donors (Lipinski definition) is 0. The molecule has 1 aromatic heterocycles. The lowest BCUT2D eigenvalue weighted by molar-refractivity contribution is -0.139. The van der Waals surface area contributed by atoms with Gasteiger partial charge in [-0.2, -0.15) is 0 Å². The van der Waals surface area contributed by atoms with Crippen LogP contribution in [0.3, 0.4) is 0 Å². The molecular formula is C12H17NO2. The van der Waals surface area contributed by atoms with Crippen LogP contribution < -0.4 is 0 Å². The van der Waals surface area contributed by atoms with Crippen molar-refractivity contribution in [2.24, 2.45) is 5.92 Å². The minimum Gasteiger partial charge on any atom is -0.467 e. The molecular weight excluding hydrogens is 190 g/mol. The van der Waals surface area contributed by atoms with Gasteiger partial charge in [-0.05, 0) is 31.9 Å². The number of amides is 1. The number of carbonyl (C=O) groups is 1. The number of carbonyl (C=O) groups excluding carboxylic acids is 1. The van der Waals surface area contributed by atoms with Crippen LogP contribution in [0.25, 0.3) is 0 Å². The van der Waals surface area contributed by atoms with E-state index in [9.17, 15) is 4.79 Å². The van der Waals surface area contributed by atoms with E-state index in [1.165, 1.54) is 6.42 Å². The molecule has 1 heterocycles. The topological polar surface area (TPSA) is 33.5 Å². The third-order valence-electron chi connectivity index (χ3n) is 3.34. The van der Waals surface area contributed by atoms with E-state index in [0.29, 0.717) is 0 Å². The SMILES string of the molecule is CC(c1ccco1)N(C)C(=O)C1CCC1. The maximum atomic E-state index is 11.9. The van der Waals surface area contributed by atoms with Crippen LogP contribution in [0.1, 0.15) is 38.0 Å². The Bertz CT molecular complexity index is 327. The average Bonchev–Trinajstić information content (AvgIpc) is 2.65. The van der Waals surface area contributed by atoms with Crippen molar-refractivity contribution in [1.82, 2.24) is 4.90 Å². The van der Waals surface area contributed by atoms with Gasteiger partial charge in [0.15, 0.2) is 0 Å². The summed E-state index contributed by atoms with van der Waals surface area (Å²) >= 11 is 0. The first-order valence-electron chi connectivity index (χ1n) is 5.50. The highest BCUT2D eigenvalue weighted by molar-refractivity contribution is 5.79. The van der Waals surface area contributed by atoms with Crippen LogP contribution >= 0.6 is 0 Å². The summed E-state index contributed by atoms with van der Waals surface area (Å²) < 4.78 is 5.30. The maximum Gasteiger partial charge on any atom is 0.226 e. The van der Waals surface area contributed by atoms with Gasteiger partial charge in [-0.3, -0.25) is 4.79 Å². The Labute approximate surface area is 90.1 Å². The maximum absolute atomic E-state index is 11.9. The summed E-state index contributed by atoms with van der Waals surface area (Å²) in [7, 11) is 1.86. The zero-order valence-corrected chi connectivity index (χ0v) is 9.27. The predicted molar refractivity (Wildman–Crippen MR) is 57.2 cm³/mol. The van der Waals surface area contributed by atoms with Crippen molar-refractivity contribution in [2.45, 2.75) is 32.2 Å². The van der Waals surface area contributed by atoms with Gasteiger partial charge in [-0.15, -0.1) is 0 Å². The van der Waals surface area contributed by atoms with E-state index in [0.717, 1.165) is 18.6 Å². The van der Waals surface area contributed by atoms with E-state index >= 15 is 0 Å². The Morgan fingerprint density at radius 2 is 2.33 bits per heavy atom. The molecule has 1 unspecified atom stereocenters. The molecule has 0 N–H and O–H groups in total. The van der Waals surface area contributed by atoms with Crippen LogP contribution in [-0.2, 0) is 4.79 Å². The van der Waals surface area contributed by atoms with Crippen molar-refractivity contribution >= 4 is 5.91 Å². The van der Waals surface area contributed by atoms with Gasteiger partial charge in [0.1, 0.15) is 5.76 Å². The molecule has 3 nitrogen and oxygen atoms in total. The Morgan fingerprint density at radius 3 is 2.80 bits per heavy atom. The average molecular weight is 207 g/mol. The van der Waals surface area contributed by atoms with E-state index in [4.69, 9.17) is 4.42 Å². The molecule has 1 aliphatic carbocycles. The molecule has 0 radical (unpaired) electrons. The normalized spacial score (nSPS) is 18.3. The quantitative estimate of drug-likeness (QED) is 0.763. The molecule has 0 saturated heterocycles. The predicted octanol–water partition coefficient (Wildman–Crippen LogP) is 2.60. The fraction of sp³-hybridized carbons (Fsp3) is 0.583. The van der Waals surface area contributed by atoms with Crippen LogP contribution in [0, 0.1) is 5.92 Å². The van der Waals surface area contributed by atoms with Crippen LogP contribution in [0.4, 0.5) is 0 Å². The summed E-state index contributed by atoms with van der Waals surface area (Å²) in [5.74, 6) is 1.36. The largest absolute Gasteiger partial charge is 0.467 e. The van der Waals surface area contributed by atoms with Crippen LogP contribution in [-0.4, -0.2) is 17.9 Å². The molecule has 1 amide bonds. The molecule has 0 aromatic carbocycles. The summed E-state index contributed by atoms with van der Waals surface area (Å²) in [6, 6.07) is 3.80. The summed E-state index contributed by atoms with van der Waals surface area (Å²) in [4.78, 5) is 13.7. The Hall–Kier alpha value is -1.25. The summed E-state index contributed by atoms with van der Waals surface area (Å²) in [5.41, 5.74) is 0. The lowest BCUT2D eigenvalue weighted by Gasteiger charge is -2.32. The van der Waals surface area contributed by atoms with Gasteiger partial charge >= 0.3 is 0 Å². The second kappa shape index (κ2) is 4.09. The first kappa shape index (κ1) is 10.3. The highest BCUT2D eigenvalue weighted by atomic mass is 16.3. The molecule has 15 heavy (non-hydrogen) atoms. The Balaban J connectivity index is 2.00. The zero-order valence-electron chi connectivity index (χ0n) is 9.27. The monoisotopic (exact) mass is 207 g/mol. The molecule has 1 aliphatic rings. The van der Waals surface area contributed by atoms with E-state index in [-0.39, 0.29) is 17.9 Å². The first-order chi connectivity index (χ1) is 7.20. The summed E-state index contributed by atoms with van der Waals surface area (Å²) in [5, 5.41) is 0. The van der Waals surface area contributed by atoms with Crippen molar-refractivity contribution in [2.75, 3.05) is 7.05 Å². The fourth-order valence-electron chi connectivity index (χ4n) is 1.85. The van der Waals surface area contributed by atoms with Crippen LogP contribution in [0.15, 0.2) is 22.8 Å². The van der Waals surface area contributed by atoms with Crippen molar-refractivity contribution < 1.29 is 9.21 Å². The van der Waals surface area contributed by atoms with Crippen molar-refractivity contribution in [3.05, 3.63) is 24.2 Å². The minimum atomic E-state index is 0.0353. The highest BCUT2D eigenvalue weighted by Gasteiger charge is 2.30. The second-order valence-corrected chi connectivity index (χ2v) is 4.27. The number of nitrogens with zero attached hydrogens (tertiary/aromatic N) is 1. The standard InChI is InChI=1S/C12H17NO2/c1-9(11-7-4-8-15-11)13(2)12(14)10-5-3-6-10/h4,7-10H,3,5-6H2,1-2H3. The van der Waals surface area contributed by atoms with Crippen molar-refractivity contribution in [3.63, 3.8) is 0 Å². The second-order valence-electron chi connectivity index (χ2n) is 4.27. The Kier molecular flexibility index (Phi) is 2.80. The van der Waals surface area contributed by atoms with E-state index in [1.807, 2.05) is 26.1 Å². The molecule has 1 aromatic rings. The lowest BCUT2D eigenvalue weighted by atomic mass is 9.84. The first-order valence-corrected chi connectivity index (χ1v) is 5.50. The molecule has 82 valence electrons. The summed E-state index contributed by atoms with van der Waals surface area (Å²) in [6.07, 6.45) is 4.94. The Morgan fingerprint density at radius 1 is 1.60 bits per heavy atom. The van der Waals surface area contributed by atoms with Gasteiger partial charge in [0.05, 0.1) is 12.3 Å². The number of furan rings is 1. The molecule has 1 fully saturated rings. The number of hydrogen-bond acceptors (Lipinski definition) is 2. The summed E-state index contributed by atoms with van der Waals surface area (Å²) in [6.45, 7) is 2.00. The van der Waals surface area contributed by atoms with Crippen molar-refractivity contribution in [1.29, 1.82) is 0 Å². The van der Waals surface area contributed by atoms with E-state index < -0.39 is 0 Å². The third-order valence-corrected chi connectivity index (χ3v) is 3.34. The molecule has 0 spiro atoms.